The van der Waals surface area contributed by atoms with Crippen molar-refractivity contribution in [3.8, 4) is 0 Å². The minimum Gasteiger partial charge on any atom is -0.481 e. The molecule has 3 atom stereocenters. The summed E-state index contributed by atoms with van der Waals surface area (Å²) in [6.07, 6.45) is 7.67. The van der Waals surface area contributed by atoms with Crippen LogP contribution in [0.3, 0.4) is 0 Å². The third-order valence-electron chi connectivity index (χ3n) is 5.31. The van der Waals surface area contributed by atoms with Crippen LogP contribution >= 0.6 is 11.8 Å². The zero-order valence-corrected chi connectivity index (χ0v) is 16.8. The molecule has 1 aliphatic carbocycles. The number of carbonyl (C=O) groups is 2. The molecule has 1 saturated carbocycles. The Balaban J connectivity index is 1.63. The number of Topliss-reactive ketones (excluding diaryl/α,β-unsaturated/α-hetero) is 1. The molecule has 4 nitrogen and oxygen atoms in total. The van der Waals surface area contributed by atoms with Crippen LogP contribution in [0.2, 0.25) is 0 Å². The fourth-order valence-corrected chi connectivity index (χ4v) is 5.16. The van der Waals surface area contributed by atoms with Gasteiger partial charge in [0.1, 0.15) is 5.78 Å². The molecule has 2 N–H and O–H groups in total. The molecule has 0 spiro atoms. The first-order valence-electron chi connectivity index (χ1n) is 10.1. The Hall–Kier alpha value is -1.33. The average molecular weight is 393 g/mol. The van der Waals surface area contributed by atoms with Crippen molar-refractivity contribution in [1.29, 1.82) is 0 Å². The lowest BCUT2D eigenvalue weighted by atomic mass is 9.98. The Morgan fingerprint density at radius 1 is 1.15 bits per heavy atom. The van der Waals surface area contributed by atoms with E-state index in [2.05, 4.69) is 12.1 Å². The van der Waals surface area contributed by atoms with Gasteiger partial charge in [0.15, 0.2) is 0 Å². The van der Waals surface area contributed by atoms with Crippen molar-refractivity contribution in [2.75, 3.05) is 5.75 Å². The van der Waals surface area contributed by atoms with Crippen molar-refractivity contribution in [3.63, 3.8) is 0 Å². The number of unbranched alkanes of at least 4 members (excludes halogenated alkanes) is 3. The first kappa shape index (κ1) is 22.0. The number of aryl methyl sites for hydroxylation is 1. The second-order valence-corrected chi connectivity index (χ2v) is 8.78. The summed E-state index contributed by atoms with van der Waals surface area (Å²) < 4.78 is 0. The fraction of sp³-hybridized carbons (Fsp3) is 0.636. The van der Waals surface area contributed by atoms with Gasteiger partial charge in [0.2, 0.25) is 0 Å². The number of hydrogen-bond donors (Lipinski definition) is 2. The maximum absolute atomic E-state index is 12.2. The molecule has 1 fully saturated rings. The van der Waals surface area contributed by atoms with Crippen molar-refractivity contribution >= 4 is 23.5 Å². The van der Waals surface area contributed by atoms with Crippen molar-refractivity contribution in [3.05, 3.63) is 35.9 Å². The number of aliphatic hydroxyl groups is 1. The SMILES string of the molecule is O=C(O)CCCCCCC1C(=O)CCC1SCC(O)CCc1ccccc1. The van der Waals surface area contributed by atoms with Crippen molar-refractivity contribution in [2.24, 2.45) is 5.92 Å². The maximum Gasteiger partial charge on any atom is 0.303 e. The first-order valence-corrected chi connectivity index (χ1v) is 11.2. The quantitative estimate of drug-likeness (QED) is 0.484. The predicted octanol–water partition coefficient (Wildman–Crippen LogP) is 4.49. The zero-order valence-electron chi connectivity index (χ0n) is 16.0. The number of carboxylic acid groups (broad SMARTS) is 1. The van der Waals surface area contributed by atoms with Crippen LogP contribution in [0.1, 0.15) is 63.4 Å². The molecule has 1 aromatic carbocycles. The van der Waals surface area contributed by atoms with E-state index in [0.29, 0.717) is 23.2 Å². The molecule has 150 valence electrons. The summed E-state index contributed by atoms with van der Waals surface area (Å²) in [5.74, 6) is 0.454. The van der Waals surface area contributed by atoms with Crippen LogP contribution < -0.4 is 0 Å². The Labute approximate surface area is 166 Å². The number of hydrogen-bond acceptors (Lipinski definition) is 4. The molecular weight excluding hydrogens is 360 g/mol. The van der Waals surface area contributed by atoms with Crippen LogP contribution in [0.4, 0.5) is 0 Å². The van der Waals surface area contributed by atoms with Crippen molar-refractivity contribution in [1.82, 2.24) is 0 Å². The average Bonchev–Trinajstić information content (AvgIpc) is 3.01. The number of aliphatic carboxylic acids is 1. The third kappa shape index (κ3) is 8.48. The van der Waals surface area contributed by atoms with Gasteiger partial charge in [0.25, 0.3) is 0 Å². The number of benzene rings is 1. The lowest BCUT2D eigenvalue weighted by molar-refractivity contribution is -0.137. The normalized spacial score (nSPS) is 20.7. The summed E-state index contributed by atoms with van der Waals surface area (Å²) in [4.78, 5) is 22.7. The number of thioether (sulfide) groups is 1. The van der Waals surface area contributed by atoms with Gasteiger partial charge in [-0.15, -0.1) is 0 Å². The summed E-state index contributed by atoms with van der Waals surface area (Å²) in [5.41, 5.74) is 1.25. The Bertz CT molecular complexity index is 575. The number of rotatable bonds is 13. The fourth-order valence-electron chi connectivity index (χ4n) is 3.71. The summed E-state index contributed by atoms with van der Waals surface area (Å²) in [5, 5.41) is 19.3. The summed E-state index contributed by atoms with van der Waals surface area (Å²) in [6.45, 7) is 0. The molecule has 5 heteroatoms. The Kier molecular flexibility index (Phi) is 9.92. The largest absolute Gasteiger partial charge is 0.481 e. The van der Waals surface area contributed by atoms with E-state index in [0.717, 1.165) is 51.4 Å². The lowest BCUT2D eigenvalue weighted by Crippen LogP contribution is -2.20. The van der Waals surface area contributed by atoms with Gasteiger partial charge in [0, 0.05) is 29.8 Å². The predicted molar refractivity (Wildman–Crippen MR) is 110 cm³/mol. The van der Waals surface area contributed by atoms with Gasteiger partial charge in [-0.3, -0.25) is 9.59 Å². The van der Waals surface area contributed by atoms with Gasteiger partial charge in [-0.25, -0.2) is 0 Å². The highest BCUT2D eigenvalue weighted by Gasteiger charge is 2.34. The van der Waals surface area contributed by atoms with Gasteiger partial charge in [-0.1, -0.05) is 49.6 Å². The van der Waals surface area contributed by atoms with Crippen molar-refractivity contribution < 1.29 is 19.8 Å². The molecule has 2 rings (SSSR count). The van der Waals surface area contributed by atoms with Gasteiger partial charge in [0.05, 0.1) is 6.10 Å². The van der Waals surface area contributed by atoms with E-state index in [-0.39, 0.29) is 18.4 Å². The van der Waals surface area contributed by atoms with Gasteiger partial charge < -0.3 is 10.2 Å². The number of carbonyl (C=O) groups excluding carboxylic acids is 1. The lowest BCUT2D eigenvalue weighted by Gasteiger charge is -2.20. The van der Waals surface area contributed by atoms with Gasteiger partial charge in [-0.05, 0) is 37.7 Å². The third-order valence-corrected chi connectivity index (χ3v) is 6.87. The van der Waals surface area contributed by atoms with Crippen LogP contribution in [0, 0.1) is 5.92 Å². The molecule has 0 heterocycles. The number of ketones is 1. The minimum absolute atomic E-state index is 0.121. The van der Waals surface area contributed by atoms with E-state index in [1.54, 1.807) is 11.8 Å². The van der Waals surface area contributed by atoms with Crippen LogP contribution in [-0.2, 0) is 16.0 Å². The van der Waals surface area contributed by atoms with Crippen LogP contribution in [0.15, 0.2) is 30.3 Å². The molecule has 1 aliphatic rings. The van der Waals surface area contributed by atoms with Crippen LogP contribution in [0.25, 0.3) is 0 Å². The molecule has 3 unspecified atom stereocenters. The van der Waals surface area contributed by atoms with Gasteiger partial charge >= 0.3 is 5.97 Å². The monoisotopic (exact) mass is 392 g/mol. The van der Waals surface area contributed by atoms with E-state index in [9.17, 15) is 14.7 Å². The zero-order chi connectivity index (χ0) is 19.5. The highest BCUT2D eigenvalue weighted by atomic mass is 32.2. The van der Waals surface area contributed by atoms with E-state index in [4.69, 9.17) is 5.11 Å². The van der Waals surface area contributed by atoms with Crippen LogP contribution in [-0.4, -0.2) is 39.1 Å². The van der Waals surface area contributed by atoms with E-state index in [1.165, 1.54) is 5.56 Å². The molecule has 27 heavy (non-hydrogen) atoms. The first-order chi connectivity index (χ1) is 13.1. The summed E-state index contributed by atoms with van der Waals surface area (Å²) in [6, 6.07) is 10.2. The topological polar surface area (TPSA) is 74.6 Å². The minimum atomic E-state index is -0.733. The Morgan fingerprint density at radius 2 is 1.89 bits per heavy atom. The molecule has 0 saturated heterocycles. The highest BCUT2D eigenvalue weighted by Crippen LogP contribution is 2.36. The smallest absolute Gasteiger partial charge is 0.303 e. The second-order valence-electron chi connectivity index (χ2n) is 7.51. The number of carboxylic acids is 1. The van der Waals surface area contributed by atoms with E-state index >= 15 is 0 Å². The number of aliphatic hydroxyl groups excluding tert-OH is 1. The molecule has 1 aromatic rings. The van der Waals surface area contributed by atoms with E-state index in [1.807, 2.05) is 18.2 Å². The van der Waals surface area contributed by atoms with Crippen LogP contribution in [0.5, 0.6) is 0 Å². The molecule has 0 aliphatic heterocycles. The summed E-state index contributed by atoms with van der Waals surface area (Å²) in [7, 11) is 0. The van der Waals surface area contributed by atoms with Gasteiger partial charge in [-0.2, -0.15) is 11.8 Å². The van der Waals surface area contributed by atoms with E-state index < -0.39 is 5.97 Å². The molecular formula is C22H32O4S. The molecule has 0 bridgehead atoms. The molecule has 0 aromatic heterocycles. The molecule has 0 radical (unpaired) electrons. The Morgan fingerprint density at radius 3 is 2.63 bits per heavy atom. The maximum atomic E-state index is 12.2. The van der Waals surface area contributed by atoms with Crippen molar-refractivity contribution in [2.45, 2.75) is 75.6 Å². The molecule has 0 amide bonds. The highest BCUT2D eigenvalue weighted by molar-refractivity contribution is 8.00. The second kappa shape index (κ2) is 12.2. The standard InChI is InChI=1S/C22H32O4S/c23-18(13-12-17-8-4-3-5-9-17)16-27-21-15-14-20(24)19(21)10-6-1-2-7-11-22(25)26/h3-5,8-9,18-19,21,23H,1-2,6-7,10-16H2,(H,25,26). The summed E-state index contributed by atoms with van der Waals surface area (Å²) >= 11 is 1.76.